The third-order valence-corrected chi connectivity index (χ3v) is 8.71. The molecule has 3 aliphatic rings. The summed E-state index contributed by atoms with van der Waals surface area (Å²) < 4.78 is 44.8. The summed E-state index contributed by atoms with van der Waals surface area (Å²) in [7, 11) is 0. The number of benzene rings is 1. The normalized spacial score (nSPS) is 32.9. The van der Waals surface area contributed by atoms with Crippen LogP contribution in [0.3, 0.4) is 0 Å². The molecule has 1 heterocycles. The number of hydrogen-bond acceptors (Lipinski definition) is 4. The summed E-state index contributed by atoms with van der Waals surface area (Å²) in [6.45, 7) is 10.2. The van der Waals surface area contributed by atoms with Crippen molar-refractivity contribution in [3.05, 3.63) is 53.5 Å². The lowest BCUT2D eigenvalue weighted by molar-refractivity contribution is -0.148. The Hall–Kier alpha value is -1.86. The molecule has 2 aliphatic carbocycles. The number of nitrogens with zero attached hydrogens (tertiary/aromatic N) is 1. The number of piperidine rings is 1. The van der Waals surface area contributed by atoms with Gasteiger partial charge in [-0.15, -0.1) is 0 Å². The predicted molar refractivity (Wildman–Crippen MR) is 132 cm³/mol. The number of carbonyl (C=O) groups excluding carboxylic acids is 1. The Balaban J connectivity index is 1.39. The van der Waals surface area contributed by atoms with E-state index in [0.717, 1.165) is 62.5 Å². The molecule has 4 rings (SSSR count). The molecule has 1 aromatic rings. The van der Waals surface area contributed by atoms with Crippen LogP contribution in [0, 0.1) is 30.1 Å². The van der Waals surface area contributed by atoms with Gasteiger partial charge in [-0.05, 0) is 86.6 Å². The number of carbonyl (C=O) groups is 1. The first-order valence-electron chi connectivity index (χ1n) is 13.1. The minimum absolute atomic E-state index is 0.0246. The van der Waals surface area contributed by atoms with E-state index in [-0.39, 0.29) is 29.6 Å². The summed E-state index contributed by atoms with van der Waals surface area (Å²) in [5.74, 6) is 0.306. The summed E-state index contributed by atoms with van der Waals surface area (Å²) in [6, 6.07) is 5.77. The zero-order valence-electron chi connectivity index (χ0n) is 21.6. The second kappa shape index (κ2) is 10.5. The zero-order chi connectivity index (χ0) is 26.3. The number of likely N-dealkylation sites (tertiary alicyclic amines) is 1. The maximum atomic E-state index is 13.1. The maximum Gasteiger partial charge on any atom is 0.416 e. The van der Waals surface area contributed by atoms with Gasteiger partial charge in [0.05, 0.1) is 17.6 Å². The zero-order valence-corrected chi connectivity index (χ0v) is 21.6. The van der Waals surface area contributed by atoms with Crippen LogP contribution in [0.1, 0.15) is 70.4 Å². The first-order valence-corrected chi connectivity index (χ1v) is 13.1. The molecule has 0 spiro atoms. The molecule has 0 aromatic heterocycles. The molecule has 1 saturated heterocycles. The molecule has 36 heavy (non-hydrogen) atoms. The number of ether oxygens (including phenoxy) is 1. The van der Waals surface area contributed by atoms with Crippen LogP contribution in [0.25, 0.3) is 0 Å². The van der Waals surface area contributed by atoms with Gasteiger partial charge in [0.1, 0.15) is 6.10 Å². The van der Waals surface area contributed by atoms with Crippen molar-refractivity contribution in [3.8, 4) is 0 Å². The van der Waals surface area contributed by atoms with E-state index in [1.54, 1.807) is 0 Å². The van der Waals surface area contributed by atoms with Crippen molar-refractivity contribution in [2.75, 3.05) is 19.6 Å². The van der Waals surface area contributed by atoms with E-state index < -0.39 is 23.4 Å². The number of fused-ring (bicyclic) bond motifs is 1. The Bertz CT molecular complexity index is 969. The molecule has 4 nitrogen and oxygen atoms in total. The number of rotatable bonds is 5. The fraction of sp³-hybridized carbons (Fsp3) is 0.655. The van der Waals surface area contributed by atoms with Crippen molar-refractivity contribution in [3.63, 3.8) is 0 Å². The van der Waals surface area contributed by atoms with E-state index in [1.165, 1.54) is 19.1 Å². The van der Waals surface area contributed by atoms with Crippen LogP contribution in [0.4, 0.5) is 13.2 Å². The van der Waals surface area contributed by atoms with Crippen LogP contribution in [-0.4, -0.2) is 47.3 Å². The summed E-state index contributed by atoms with van der Waals surface area (Å²) in [5, 5.41) is 11.7. The molecular formula is C29H38F3NO3. The highest BCUT2D eigenvalue weighted by molar-refractivity contribution is 5.66. The number of hydrogen-bond donors (Lipinski definition) is 1. The monoisotopic (exact) mass is 505 g/mol. The van der Waals surface area contributed by atoms with Gasteiger partial charge in [0.15, 0.2) is 0 Å². The second-order valence-electron chi connectivity index (χ2n) is 11.2. The lowest BCUT2D eigenvalue weighted by Gasteiger charge is -2.53. The van der Waals surface area contributed by atoms with Crippen LogP contribution < -0.4 is 0 Å². The molecule has 7 heteroatoms. The van der Waals surface area contributed by atoms with E-state index >= 15 is 0 Å². The number of esters is 1. The van der Waals surface area contributed by atoms with Crippen LogP contribution >= 0.6 is 0 Å². The molecule has 1 saturated carbocycles. The molecule has 2 radical (unpaired) electrons. The van der Waals surface area contributed by atoms with Gasteiger partial charge in [0.2, 0.25) is 0 Å². The van der Waals surface area contributed by atoms with E-state index in [9.17, 15) is 23.1 Å². The fourth-order valence-electron chi connectivity index (χ4n) is 6.57. The van der Waals surface area contributed by atoms with Crippen LogP contribution in [0.5, 0.6) is 0 Å². The van der Waals surface area contributed by atoms with Gasteiger partial charge < -0.3 is 14.7 Å². The van der Waals surface area contributed by atoms with Gasteiger partial charge in [-0.3, -0.25) is 4.79 Å². The maximum absolute atomic E-state index is 13.1. The van der Waals surface area contributed by atoms with Crippen molar-refractivity contribution < 1.29 is 27.8 Å². The van der Waals surface area contributed by atoms with Crippen molar-refractivity contribution in [1.82, 2.24) is 4.90 Å². The Morgan fingerprint density at radius 2 is 1.94 bits per heavy atom. The Morgan fingerprint density at radius 1 is 1.25 bits per heavy atom. The Morgan fingerprint density at radius 3 is 2.58 bits per heavy atom. The topological polar surface area (TPSA) is 49.8 Å². The van der Waals surface area contributed by atoms with Crippen molar-refractivity contribution >= 4 is 5.97 Å². The van der Waals surface area contributed by atoms with Crippen LogP contribution in [0.15, 0.2) is 35.9 Å². The first-order chi connectivity index (χ1) is 16.9. The summed E-state index contributed by atoms with van der Waals surface area (Å²) >= 11 is 0. The lowest BCUT2D eigenvalue weighted by atomic mass is 9.57. The van der Waals surface area contributed by atoms with Gasteiger partial charge in [-0.25, -0.2) is 0 Å². The SMILES string of the molecule is CC(=O)O[C@@H]1[C][C@@]2(O)[C@H](C)CC[C@@H]([C@H](C)CN3CCC(c4cccc(C(F)(F)F)c4)CC3)[C@H]2C=C1C. The van der Waals surface area contributed by atoms with Crippen molar-refractivity contribution in [1.29, 1.82) is 0 Å². The molecular weight excluding hydrogens is 467 g/mol. The molecule has 1 N–H and O–H groups in total. The average Bonchev–Trinajstić information content (AvgIpc) is 2.81. The van der Waals surface area contributed by atoms with Gasteiger partial charge >= 0.3 is 12.1 Å². The standard InChI is InChI=1S/C29H38F3NO3/c1-18-14-26-25(9-8-20(3)28(26,35)16-27(18)36-21(4)34)19(2)17-33-12-10-22(11-13-33)23-6-5-7-24(15-23)29(30,31)32/h5-7,14-15,19-20,22,25-27,35H,8-13,17H2,1-4H3/t19-,20-,25+,26-,27-,28-/m1/s1. The third kappa shape index (κ3) is 5.67. The van der Waals surface area contributed by atoms with Crippen molar-refractivity contribution in [2.24, 2.45) is 23.7 Å². The third-order valence-electron chi connectivity index (χ3n) is 8.71. The molecule has 6 atom stereocenters. The van der Waals surface area contributed by atoms with Gasteiger partial charge in [-0.2, -0.15) is 13.2 Å². The molecule has 0 unspecified atom stereocenters. The largest absolute Gasteiger partial charge is 0.457 e. The van der Waals surface area contributed by atoms with E-state index in [0.29, 0.717) is 5.92 Å². The van der Waals surface area contributed by atoms with E-state index in [4.69, 9.17) is 4.74 Å². The predicted octanol–water partition coefficient (Wildman–Crippen LogP) is 5.89. The molecule has 198 valence electrons. The molecule has 0 bridgehead atoms. The summed E-state index contributed by atoms with van der Waals surface area (Å²) in [5.41, 5.74) is -0.0172. The van der Waals surface area contributed by atoms with Crippen LogP contribution in [-0.2, 0) is 15.7 Å². The van der Waals surface area contributed by atoms with Gasteiger partial charge in [0.25, 0.3) is 0 Å². The quantitative estimate of drug-likeness (QED) is 0.401. The molecule has 2 fully saturated rings. The van der Waals surface area contributed by atoms with Crippen molar-refractivity contribution in [2.45, 2.75) is 77.2 Å². The first kappa shape index (κ1) is 27.2. The van der Waals surface area contributed by atoms with E-state index in [2.05, 4.69) is 24.3 Å². The smallest absolute Gasteiger partial charge is 0.416 e. The highest BCUT2D eigenvalue weighted by Crippen LogP contribution is 2.51. The summed E-state index contributed by atoms with van der Waals surface area (Å²) in [4.78, 5) is 14.0. The number of alkyl halides is 3. The Kier molecular flexibility index (Phi) is 7.92. The van der Waals surface area contributed by atoms with Gasteiger partial charge in [0, 0.05) is 19.4 Å². The van der Waals surface area contributed by atoms with E-state index in [1.807, 2.05) is 19.9 Å². The second-order valence-corrected chi connectivity index (χ2v) is 11.2. The average molecular weight is 506 g/mol. The highest BCUT2D eigenvalue weighted by atomic mass is 19.4. The molecule has 0 amide bonds. The summed E-state index contributed by atoms with van der Waals surface area (Å²) in [6.07, 6.45) is 3.99. The molecule has 1 aliphatic heterocycles. The number of aliphatic hydroxyl groups is 1. The fourth-order valence-corrected chi connectivity index (χ4v) is 6.57. The lowest BCUT2D eigenvalue weighted by Crippen LogP contribution is -2.56. The minimum Gasteiger partial charge on any atom is -0.457 e. The van der Waals surface area contributed by atoms with Crippen LogP contribution in [0.2, 0.25) is 0 Å². The number of halogens is 3. The minimum atomic E-state index is -4.31. The van der Waals surface area contributed by atoms with Gasteiger partial charge in [-0.1, -0.05) is 38.1 Å². The highest BCUT2D eigenvalue weighted by Gasteiger charge is 2.53. The Labute approximate surface area is 212 Å². The molecule has 1 aromatic carbocycles.